The number of ether oxygens (including phenoxy) is 1. The number of amides is 1. The summed E-state index contributed by atoms with van der Waals surface area (Å²) in [7, 11) is 3.62. The molecule has 2 aliphatic rings. The summed E-state index contributed by atoms with van der Waals surface area (Å²) in [5.74, 6) is 0.872. The zero-order chi connectivity index (χ0) is 17.4. The van der Waals surface area contributed by atoms with Crippen molar-refractivity contribution >= 4 is 5.91 Å². The smallest absolute Gasteiger partial charge is 0.271 e. The van der Waals surface area contributed by atoms with Crippen LogP contribution >= 0.6 is 0 Å². The quantitative estimate of drug-likeness (QED) is 0.855. The Bertz CT molecular complexity index is 746. The first kappa shape index (κ1) is 16.3. The maximum atomic E-state index is 13.4. The average molecular weight is 343 g/mol. The van der Waals surface area contributed by atoms with Gasteiger partial charge in [-0.05, 0) is 25.0 Å². The van der Waals surface area contributed by atoms with Crippen LogP contribution in [0.25, 0.3) is 0 Å². The van der Waals surface area contributed by atoms with Crippen molar-refractivity contribution in [1.29, 1.82) is 0 Å². The maximum absolute atomic E-state index is 13.4. The molecular weight excluding hydrogens is 318 g/mol. The van der Waals surface area contributed by atoms with Crippen LogP contribution in [0.2, 0.25) is 0 Å². The fourth-order valence-electron chi connectivity index (χ4n) is 4.25. The van der Waals surface area contributed by atoms with Crippen LogP contribution in [0.4, 0.5) is 0 Å². The molecule has 3 heterocycles. The highest BCUT2D eigenvalue weighted by Gasteiger charge is 2.40. The van der Waals surface area contributed by atoms with E-state index < -0.39 is 0 Å². The molecule has 0 spiro atoms. The van der Waals surface area contributed by atoms with Crippen molar-refractivity contribution in [1.82, 2.24) is 24.2 Å². The Morgan fingerprint density at radius 2 is 2.12 bits per heavy atom. The Labute approximate surface area is 147 Å². The lowest BCUT2D eigenvalue weighted by atomic mass is 10.1. The fraction of sp³-hybridized carbons (Fsp3) is 0.611. The molecule has 134 valence electrons. The number of rotatable bonds is 4. The molecule has 0 aromatic carbocycles. The van der Waals surface area contributed by atoms with Crippen molar-refractivity contribution in [3.05, 3.63) is 36.2 Å². The maximum Gasteiger partial charge on any atom is 0.271 e. The Hall–Kier alpha value is -2.15. The number of aryl methyl sites for hydroxylation is 1. The number of nitrogens with zero attached hydrogens (tertiary/aromatic N) is 5. The summed E-state index contributed by atoms with van der Waals surface area (Å²) in [5.41, 5.74) is 0.774. The number of aromatic nitrogens is 4. The Morgan fingerprint density at radius 1 is 1.32 bits per heavy atom. The Balaban J connectivity index is 1.64. The average Bonchev–Trinajstić information content (AvgIpc) is 3.38. The van der Waals surface area contributed by atoms with E-state index in [0.717, 1.165) is 30.8 Å². The van der Waals surface area contributed by atoms with Gasteiger partial charge in [0.15, 0.2) is 5.82 Å². The van der Waals surface area contributed by atoms with E-state index >= 15 is 0 Å². The van der Waals surface area contributed by atoms with Gasteiger partial charge in [-0.15, -0.1) is 10.2 Å². The molecule has 1 aliphatic carbocycles. The van der Waals surface area contributed by atoms with Crippen LogP contribution in [0, 0.1) is 0 Å². The summed E-state index contributed by atoms with van der Waals surface area (Å²) in [6.45, 7) is 0.586. The number of hydrogen-bond donors (Lipinski definition) is 0. The molecule has 7 heteroatoms. The predicted octanol–water partition coefficient (Wildman–Crippen LogP) is 2.33. The zero-order valence-corrected chi connectivity index (χ0v) is 14.8. The van der Waals surface area contributed by atoms with Crippen molar-refractivity contribution in [2.75, 3.05) is 13.7 Å². The second kappa shape index (κ2) is 6.63. The second-order valence-electron chi connectivity index (χ2n) is 7.11. The molecule has 0 bridgehead atoms. The molecule has 1 saturated heterocycles. The zero-order valence-electron chi connectivity index (χ0n) is 14.8. The number of likely N-dealkylation sites (tertiary alicyclic amines) is 1. The molecule has 2 aromatic heterocycles. The van der Waals surface area contributed by atoms with Gasteiger partial charge < -0.3 is 18.8 Å². The van der Waals surface area contributed by atoms with E-state index in [9.17, 15) is 4.79 Å². The molecule has 0 N–H and O–H groups in total. The summed E-state index contributed by atoms with van der Waals surface area (Å²) in [5, 5.41) is 8.22. The molecule has 25 heavy (non-hydrogen) atoms. The Kier molecular flexibility index (Phi) is 4.33. The standard InChI is InChI=1S/C18H25N5O2/c1-21-12-19-20-17(21)16-10-14(25-2)11-23(16)18(24)15-8-5-9-22(15)13-6-3-4-7-13/h5,8-9,12-14,16H,3-4,6-7,10-11H2,1-2H3/t14-,16+/m1/s1. The molecule has 2 fully saturated rings. The minimum Gasteiger partial charge on any atom is -0.380 e. The van der Waals surface area contributed by atoms with Crippen LogP contribution in [0.5, 0.6) is 0 Å². The van der Waals surface area contributed by atoms with Crippen molar-refractivity contribution in [2.24, 2.45) is 7.05 Å². The number of hydrogen-bond acceptors (Lipinski definition) is 4. The van der Waals surface area contributed by atoms with Gasteiger partial charge >= 0.3 is 0 Å². The highest BCUT2D eigenvalue weighted by Crippen LogP contribution is 2.35. The van der Waals surface area contributed by atoms with E-state index in [-0.39, 0.29) is 18.1 Å². The van der Waals surface area contributed by atoms with Crippen molar-refractivity contribution in [3.63, 3.8) is 0 Å². The number of carbonyl (C=O) groups excluding carboxylic acids is 1. The largest absolute Gasteiger partial charge is 0.380 e. The van der Waals surface area contributed by atoms with Crippen LogP contribution < -0.4 is 0 Å². The molecule has 0 unspecified atom stereocenters. The third-order valence-corrected chi connectivity index (χ3v) is 5.62. The van der Waals surface area contributed by atoms with Gasteiger partial charge in [-0.25, -0.2) is 0 Å². The second-order valence-corrected chi connectivity index (χ2v) is 7.11. The summed E-state index contributed by atoms with van der Waals surface area (Å²) < 4.78 is 9.61. The summed E-state index contributed by atoms with van der Waals surface area (Å²) in [6, 6.07) is 4.27. The monoisotopic (exact) mass is 343 g/mol. The number of carbonyl (C=O) groups is 1. The highest BCUT2D eigenvalue weighted by atomic mass is 16.5. The predicted molar refractivity (Wildman–Crippen MR) is 92.1 cm³/mol. The molecule has 1 saturated carbocycles. The van der Waals surface area contributed by atoms with E-state index in [0.29, 0.717) is 12.6 Å². The van der Waals surface area contributed by atoms with Gasteiger partial charge in [-0.2, -0.15) is 0 Å². The van der Waals surface area contributed by atoms with E-state index in [2.05, 4.69) is 14.8 Å². The van der Waals surface area contributed by atoms with Gasteiger partial charge in [-0.1, -0.05) is 12.8 Å². The molecule has 1 amide bonds. The molecule has 2 atom stereocenters. The summed E-state index contributed by atoms with van der Waals surface area (Å²) >= 11 is 0. The van der Waals surface area contributed by atoms with Crippen LogP contribution in [0.3, 0.4) is 0 Å². The molecule has 1 aliphatic heterocycles. The minimum absolute atomic E-state index is 0.0283. The molecule has 2 aromatic rings. The minimum atomic E-state index is -0.100. The van der Waals surface area contributed by atoms with Crippen molar-refractivity contribution in [2.45, 2.75) is 50.3 Å². The topological polar surface area (TPSA) is 65.2 Å². The third-order valence-electron chi connectivity index (χ3n) is 5.62. The SMILES string of the molecule is CO[C@@H]1C[C@@H](c2nncn2C)N(C(=O)c2cccn2C2CCCC2)C1. The lowest BCUT2D eigenvalue weighted by Gasteiger charge is -2.25. The number of methoxy groups -OCH3 is 1. The van der Waals surface area contributed by atoms with Crippen LogP contribution in [0.15, 0.2) is 24.7 Å². The van der Waals surface area contributed by atoms with Gasteiger partial charge in [0.05, 0.1) is 12.1 Å². The van der Waals surface area contributed by atoms with Crippen LogP contribution in [0.1, 0.15) is 60.5 Å². The van der Waals surface area contributed by atoms with Gasteiger partial charge in [0.25, 0.3) is 5.91 Å². The van der Waals surface area contributed by atoms with Crippen LogP contribution in [-0.2, 0) is 11.8 Å². The normalized spacial score (nSPS) is 24.3. The van der Waals surface area contributed by atoms with Crippen LogP contribution in [-0.4, -0.2) is 49.9 Å². The highest BCUT2D eigenvalue weighted by molar-refractivity contribution is 5.93. The van der Waals surface area contributed by atoms with Gasteiger partial charge in [0.2, 0.25) is 0 Å². The van der Waals surface area contributed by atoms with E-state index in [1.807, 2.05) is 34.8 Å². The first-order chi connectivity index (χ1) is 12.2. The van der Waals surface area contributed by atoms with E-state index in [1.54, 1.807) is 13.4 Å². The fourth-order valence-corrected chi connectivity index (χ4v) is 4.25. The first-order valence-electron chi connectivity index (χ1n) is 9.03. The van der Waals surface area contributed by atoms with Gasteiger partial charge in [0.1, 0.15) is 12.0 Å². The lowest BCUT2D eigenvalue weighted by molar-refractivity contribution is 0.0670. The summed E-state index contributed by atoms with van der Waals surface area (Å²) in [6.07, 6.45) is 9.30. The first-order valence-corrected chi connectivity index (χ1v) is 9.03. The van der Waals surface area contributed by atoms with Crippen molar-refractivity contribution < 1.29 is 9.53 Å². The van der Waals surface area contributed by atoms with Gasteiger partial charge in [-0.3, -0.25) is 4.79 Å². The van der Waals surface area contributed by atoms with Gasteiger partial charge in [0, 0.05) is 39.4 Å². The Morgan fingerprint density at radius 3 is 2.80 bits per heavy atom. The molecular formula is C18H25N5O2. The third kappa shape index (κ3) is 2.86. The molecule has 0 radical (unpaired) electrons. The lowest BCUT2D eigenvalue weighted by Crippen LogP contribution is -2.34. The molecule has 4 rings (SSSR count). The molecule has 7 nitrogen and oxygen atoms in total. The summed E-state index contributed by atoms with van der Waals surface area (Å²) in [4.78, 5) is 15.3. The van der Waals surface area contributed by atoms with Crippen molar-refractivity contribution in [3.8, 4) is 0 Å². The van der Waals surface area contributed by atoms with E-state index in [1.165, 1.54) is 12.8 Å². The van der Waals surface area contributed by atoms with E-state index in [4.69, 9.17) is 4.74 Å².